The van der Waals surface area contributed by atoms with E-state index < -0.39 is 0 Å². The molecular weight excluding hydrogens is 218 g/mol. The zero-order chi connectivity index (χ0) is 11.6. The summed E-state index contributed by atoms with van der Waals surface area (Å²) in [4.78, 5) is 0. The minimum absolute atomic E-state index is 0.556. The Labute approximate surface area is 105 Å². The maximum atomic E-state index is 5.68. The zero-order valence-electron chi connectivity index (χ0n) is 10.8. The number of thioether (sulfide) groups is 1. The lowest BCUT2D eigenvalue weighted by molar-refractivity contribution is 0.0995. The van der Waals surface area contributed by atoms with Crippen molar-refractivity contribution in [2.24, 2.45) is 0 Å². The molecule has 0 aromatic rings. The van der Waals surface area contributed by atoms with E-state index in [0.717, 1.165) is 13.2 Å². The summed E-state index contributed by atoms with van der Waals surface area (Å²) in [6.45, 7) is 4.38. The van der Waals surface area contributed by atoms with Gasteiger partial charge in [0.05, 0.1) is 6.10 Å². The van der Waals surface area contributed by atoms with Crippen molar-refractivity contribution in [2.75, 3.05) is 25.2 Å². The second-order valence-electron chi connectivity index (χ2n) is 4.64. The van der Waals surface area contributed by atoms with Crippen LogP contribution in [0.2, 0.25) is 0 Å². The van der Waals surface area contributed by atoms with Gasteiger partial charge in [-0.2, -0.15) is 11.8 Å². The van der Waals surface area contributed by atoms with Gasteiger partial charge in [-0.05, 0) is 57.1 Å². The summed E-state index contributed by atoms with van der Waals surface area (Å²) >= 11 is 1.95. The van der Waals surface area contributed by atoms with Crippen molar-refractivity contribution in [3.8, 4) is 0 Å². The molecule has 2 unspecified atom stereocenters. The second kappa shape index (κ2) is 9.32. The molecule has 1 rings (SSSR count). The molecule has 3 heteroatoms. The van der Waals surface area contributed by atoms with E-state index in [2.05, 4.69) is 18.5 Å². The first-order valence-corrected chi connectivity index (χ1v) is 8.10. The maximum absolute atomic E-state index is 5.68. The normalized spacial score (nSPS) is 22.5. The number of rotatable bonds is 9. The van der Waals surface area contributed by atoms with Crippen molar-refractivity contribution in [2.45, 2.75) is 57.6 Å². The molecular formula is C13H27NOS. The van der Waals surface area contributed by atoms with Crippen LogP contribution in [0.3, 0.4) is 0 Å². The molecule has 2 atom stereocenters. The largest absolute Gasteiger partial charge is 0.378 e. The summed E-state index contributed by atoms with van der Waals surface area (Å²) in [5, 5.41) is 3.66. The van der Waals surface area contributed by atoms with Crippen LogP contribution in [-0.4, -0.2) is 37.3 Å². The fourth-order valence-corrected chi connectivity index (χ4v) is 2.74. The Kier molecular flexibility index (Phi) is 8.34. The zero-order valence-corrected chi connectivity index (χ0v) is 11.7. The summed E-state index contributed by atoms with van der Waals surface area (Å²) in [6.07, 6.45) is 10.4. The molecule has 96 valence electrons. The highest BCUT2D eigenvalue weighted by Gasteiger charge is 2.17. The molecule has 0 saturated carbocycles. The van der Waals surface area contributed by atoms with E-state index in [0.29, 0.717) is 12.1 Å². The lowest BCUT2D eigenvalue weighted by atomic mass is 10.0. The molecule has 1 saturated heterocycles. The molecule has 1 fully saturated rings. The SMILES string of the molecule is CCCNC(CCSC)CCC1CCCO1. The van der Waals surface area contributed by atoms with E-state index in [1.54, 1.807) is 0 Å². The van der Waals surface area contributed by atoms with Crippen molar-refractivity contribution >= 4 is 11.8 Å². The fraction of sp³-hybridized carbons (Fsp3) is 1.00. The van der Waals surface area contributed by atoms with Crippen LogP contribution >= 0.6 is 11.8 Å². The lowest BCUT2D eigenvalue weighted by Gasteiger charge is -2.19. The van der Waals surface area contributed by atoms with Crippen LogP contribution in [0.15, 0.2) is 0 Å². The molecule has 16 heavy (non-hydrogen) atoms. The van der Waals surface area contributed by atoms with Crippen LogP contribution in [0.25, 0.3) is 0 Å². The third-order valence-corrected chi connectivity index (χ3v) is 3.86. The Hall–Kier alpha value is 0.270. The number of hydrogen-bond donors (Lipinski definition) is 1. The molecule has 0 aliphatic carbocycles. The van der Waals surface area contributed by atoms with Gasteiger partial charge < -0.3 is 10.1 Å². The van der Waals surface area contributed by atoms with Crippen LogP contribution in [0.5, 0.6) is 0 Å². The van der Waals surface area contributed by atoms with Crippen molar-refractivity contribution in [1.82, 2.24) is 5.32 Å². The van der Waals surface area contributed by atoms with Crippen LogP contribution in [0.4, 0.5) is 0 Å². The van der Waals surface area contributed by atoms with Gasteiger partial charge in [-0.15, -0.1) is 0 Å². The number of ether oxygens (including phenoxy) is 1. The summed E-state index contributed by atoms with van der Waals surface area (Å²) < 4.78 is 5.68. The molecule has 1 aliphatic heterocycles. The minimum atomic E-state index is 0.556. The van der Waals surface area contributed by atoms with Crippen LogP contribution in [-0.2, 0) is 4.74 Å². The molecule has 2 nitrogen and oxygen atoms in total. The highest BCUT2D eigenvalue weighted by Crippen LogP contribution is 2.18. The van der Waals surface area contributed by atoms with Crippen LogP contribution in [0, 0.1) is 0 Å². The Morgan fingerprint density at radius 1 is 1.44 bits per heavy atom. The first-order chi connectivity index (χ1) is 7.86. The average molecular weight is 245 g/mol. The van der Waals surface area contributed by atoms with Gasteiger partial charge in [0, 0.05) is 12.6 Å². The van der Waals surface area contributed by atoms with Crippen LogP contribution < -0.4 is 5.32 Å². The van der Waals surface area contributed by atoms with Crippen LogP contribution in [0.1, 0.15) is 45.4 Å². The van der Waals surface area contributed by atoms with Gasteiger partial charge in [-0.25, -0.2) is 0 Å². The molecule has 0 bridgehead atoms. The predicted octanol–water partition coefficient (Wildman–Crippen LogP) is 3.07. The predicted molar refractivity (Wildman–Crippen MR) is 73.3 cm³/mol. The third kappa shape index (κ3) is 6.12. The Bertz CT molecular complexity index is 152. The van der Waals surface area contributed by atoms with Crippen molar-refractivity contribution in [3.63, 3.8) is 0 Å². The number of hydrogen-bond acceptors (Lipinski definition) is 3. The smallest absolute Gasteiger partial charge is 0.0576 e. The van der Waals surface area contributed by atoms with E-state index in [1.807, 2.05) is 11.8 Å². The van der Waals surface area contributed by atoms with Gasteiger partial charge in [0.25, 0.3) is 0 Å². The van der Waals surface area contributed by atoms with Gasteiger partial charge in [0.1, 0.15) is 0 Å². The number of nitrogens with one attached hydrogen (secondary N) is 1. The fourth-order valence-electron chi connectivity index (χ4n) is 2.22. The van der Waals surface area contributed by atoms with E-state index >= 15 is 0 Å². The lowest BCUT2D eigenvalue weighted by Crippen LogP contribution is -2.31. The molecule has 1 aliphatic rings. The molecule has 1 heterocycles. The molecule has 0 radical (unpaired) electrons. The monoisotopic (exact) mass is 245 g/mol. The van der Waals surface area contributed by atoms with Crippen molar-refractivity contribution in [1.29, 1.82) is 0 Å². The van der Waals surface area contributed by atoms with E-state index in [4.69, 9.17) is 4.74 Å². The summed E-state index contributed by atoms with van der Waals surface area (Å²) in [5.74, 6) is 1.27. The van der Waals surface area contributed by atoms with Gasteiger partial charge in [-0.3, -0.25) is 0 Å². The molecule has 0 aromatic heterocycles. The maximum Gasteiger partial charge on any atom is 0.0576 e. The third-order valence-electron chi connectivity index (χ3n) is 3.21. The second-order valence-corrected chi connectivity index (χ2v) is 5.63. The van der Waals surface area contributed by atoms with Gasteiger partial charge >= 0.3 is 0 Å². The quantitative estimate of drug-likeness (QED) is 0.674. The first-order valence-electron chi connectivity index (χ1n) is 6.70. The molecule has 0 amide bonds. The van der Waals surface area contributed by atoms with Gasteiger partial charge in [0.2, 0.25) is 0 Å². The molecule has 0 aromatic carbocycles. The highest BCUT2D eigenvalue weighted by atomic mass is 32.2. The molecule has 1 N–H and O–H groups in total. The van der Waals surface area contributed by atoms with Gasteiger partial charge in [-0.1, -0.05) is 6.92 Å². The average Bonchev–Trinajstić information content (AvgIpc) is 2.81. The van der Waals surface area contributed by atoms with E-state index in [1.165, 1.54) is 44.3 Å². The molecule has 0 spiro atoms. The minimum Gasteiger partial charge on any atom is -0.378 e. The Morgan fingerprint density at radius 2 is 2.31 bits per heavy atom. The highest BCUT2D eigenvalue weighted by molar-refractivity contribution is 7.98. The Morgan fingerprint density at radius 3 is 2.94 bits per heavy atom. The summed E-state index contributed by atoms with van der Waals surface area (Å²) in [7, 11) is 0. The van der Waals surface area contributed by atoms with Gasteiger partial charge in [0.15, 0.2) is 0 Å². The first kappa shape index (κ1) is 14.3. The summed E-state index contributed by atoms with van der Waals surface area (Å²) in [5.41, 5.74) is 0. The standard InChI is InChI=1S/C13H27NOS/c1-3-9-14-12(8-11-16-2)6-7-13-5-4-10-15-13/h12-14H,3-11H2,1-2H3. The summed E-state index contributed by atoms with van der Waals surface area (Å²) in [6, 6.07) is 0.705. The van der Waals surface area contributed by atoms with E-state index in [-0.39, 0.29) is 0 Å². The van der Waals surface area contributed by atoms with Crippen molar-refractivity contribution < 1.29 is 4.74 Å². The van der Waals surface area contributed by atoms with E-state index in [9.17, 15) is 0 Å². The topological polar surface area (TPSA) is 21.3 Å². The van der Waals surface area contributed by atoms with Crippen molar-refractivity contribution in [3.05, 3.63) is 0 Å². The Balaban J connectivity index is 2.13.